The molecule has 3 heterocycles. The van der Waals surface area contributed by atoms with Crippen LogP contribution in [0.15, 0.2) is 71.8 Å². The molecule has 0 bridgehead atoms. The van der Waals surface area contributed by atoms with Crippen LogP contribution in [0.2, 0.25) is 0 Å². The molecule has 1 N–H and O–H groups in total. The summed E-state index contributed by atoms with van der Waals surface area (Å²) in [5.41, 5.74) is 4.95. The average Bonchev–Trinajstić information content (AvgIpc) is 3.30. The molecule has 0 saturated carbocycles. The number of aromatic amines is 1. The molecule has 1 fully saturated rings. The summed E-state index contributed by atoms with van der Waals surface area (Å²) < 4.78 is 6.74. The van der Waals surface area contributed by atoms with Crippen molar-refractivity contribution in [3.8, 4) is 11.4 Å². The van der Waals surface area contributed by atoms with Crippen LogP contribution in [0.25, 0.3) is 21.4 Å². The third-order valence-electron chi connectivity index (χ3n) is 6.57. The first-order valence-electron chi connectivity index (χ1n) is 11.5. The van der Waals surface area contributed by atoms with Crippen molar-refractivity contribution in [2.45, 2.75) is 6.42 Å². The predicted molar refractivity (Wildman–Crippen MR) is 136 cm³/mol. The van der Waals surface area contributed by atoms with E-state index in [1.54, 1.807) is 23.9 Å². The second-order valence-corrected chi connectivity index (χ2v) is 8.53. The second-order valence-electron chi connectivity index (χ2n) is 8.53. The summed E-state index contributed by atoms with van der Waals surface area (Å²) in [7, 11) is 1.56. The highest BCUT2D eigenvalue weighted by Crippen LogP contribution is 2.25. The molecular weight excluding hydrogens is 426 g/mol. The quantitative estimate of drug-likeness (QED) is 0.444. The topological polar surface area (TPSA) is 57.9 Å². The van der Waals surface area contributed by atoms with E-state index in [0.29, 0.717) is 11.4 Å². The molecule has 0 aliphatic carbocycles. The number of methoxy groups -OCH3 is 1. The summed E-state index contributed by atoms with van der Waals surface area (Å²) in [5.74, 6) is 0.563. The molecule has 1 aliphatic heterocycles. The molecule has 0 amide bonds. The summed E-state index contributed by atoms with van der Waals surface area (Å²) in [5, 5.41) is 1.16. The van der Waals surface area contributed by atoms with Crippen LogP contribution in [0.5, 0.6) is 5.75 Å². The van der Waals surface area contributed by atoms with Gasteiger partial charge in [0.15, 0.2) is 5.69 Å². The molecule has 4 aromatic rings. The maximum absolute atomic E-state index is 12.3. The molecule has 1 saturated heterocycles. The summed E-state index contributed by atoms with van der Waals surface area (Å²) in [6.45, 7) is 12.2. The zero-order valence-corrected chi connectivity index (χ0v) is 19.2. The highest BCUT2D eigenvalue weighted by molar-refractivity contribution is 5.86. The normalized spacial score (nSPS) is 14.3. The Bertz CT molecular complexity index is 1390. The molecular formula is C27H27N5O2. The Morgan fingerprint density at radius 3 is 2.47 bits per heavy atom. The zero-order valence-electron chi connectivity index (χ0n) is 19.2. The van der Waals surface area contributed by atoms with Crippen LogP contribution in [0.3, 0.4) is 0 Å². The summed E-state index contributed by atoms with van der Waals surface area (Å²) in [6, 6.07) is 17.3. The number of hydrogen-bond acceptors (Lipinski definition) is 4. The lowest BCUT2D eigenvalue weighted by atomic mass is 10.1. The van der Waals surface area contributed by atoms with Crippen LogP contribution >= 0.6 is 0 Å². The van der Waals surface area contributed by atoms with Gasteiger partial charge >= 0.3 is 0 Å². The molecule has 0 radical (unpaired) electrons. The highest BCUT2D eigenvalue weighted by Gasteiger charge is 2.18. The first kappa shape index (κ1) is 21.8. The fourth-order valence-corrected chi connectivity index (χ4v) is 4.58. The van der Waals surface area contributed by atoms with Crippen molar-refractivity contribution in [2.75, 3.05) is 44.7 Å². The Morgan fingerprint density at radius 2 is 1.76 bits per heavy atom. The van der Waals surface area contributed by atoms with Crippen molar-refractivity contribution in [1.82, 2.24) is 14.5 Å². The predicted octanol–water partition coefficient (Wildman–Crippen LogP) is 4.24. The van der Waals surface area contributed by atoms with Crippen molar-refractivity contribution in [3.63, 3.8) is 0 Å². The SMILES string of the molecule is [C-]#[N+]c1ccc2[nH]cc(CCN3CCN(c4ccc(-n5ccc(OC)cc5=O)cc4)CC3)c2c1. The molecule has 172 valence electrons. The monoisotopic (exact) mass is 453 g/mol. The zero-order chi connectivity index (χ0) is 23.5. The van der Waals surface area contributed by atoms with Gasteiger partial charge in [-0.25, -0.2) is 4.85 Å². The van der Waals surface area contributed by atoms with E-state index < -0.39 is 0 Å². The van der Waals surface area contributed by atoms with Gasteiger partial charge in [-0.3, -0.25) is 14.3 Å². The van der Waals surface area contributed by atoms with Crippen molar-refractivity contribution in [3.05, 3.63) is 94.3 Å². The number of hydrogen-bond donors (Lipinski definition) is 1. The van der Waals surface area contributed by atoms with E-state index in [2.05, 4.69) is 38.0 Å². The van der Waals surface area contributed by atoms with Gasteiger partial charge in [0.05, 0.1) is 13.7 Å². The van der Waals surface area contributed by atoms with Crippen LogP contribution in [0.4, 0.5) is 11.4 Å². The molecule has 1 aliphatic rings. The van der Waals surface area contributed by atoms with E-state index in [4.69, 9.17) is 11.3 Å². The molecule has 0 unspecified atom stereocenters. The van der Waals surface area contributed by atoms with Gasteiger partial charge < -0.3 is 14.6 Å². The van der Waals surface area contributed by atoms with Crippen LogP contribution < -0.4 is 15.2 Å². The van der Waals surface area contributed by atoms with Crippen molar-refractivity contribution >= 4 is 22.3 Å². The van der Waals surface area contributed by atoms with Gasteiger partial charge in [-0.1, -0.05) is 6.07 Å². The summed E-state index contributed by atoms with van der Waals surface area (Å²) in [6.07, 6.45) is 4.78. The number of H-pyrrole nitrogens is 1. The second kappa shape index (κ2) is 9.46. The molecule has 0 spiro atoms. The van der Waals surface area contributed by atoms with Crippen LogP contribution in [-0.2, 0) is 6.42 Å². The number of rotatable bonds is 6. The van der Waals surface area contributed by atoms with E-state index in [1.165, 1.54) is 17.3 Å². The minimum absolute atomic E-state index is 0.110. The fraction of sp³-hybridized carbons (Fsp3) is 0.259. The van der Waals surface area contributed by atoms with Gasteiger partial charge in [0.2, 0.25) is 0 Å². The molecule has 2 aromatic carbocycles. The van der Waals surface area contributed by atoms with Gasteiger partial charge in [0, 0.05) is 68.1 Å². The highest BCUT2D eigenvalue weighted by atomic mass is 16.5. The van der Waals surface area contributed by atoms with Crippen molar-refractivity contribution in [1.29, 1.82) is 0 Å². The van der Waals surface area contributed by atoms with Gasteiger partial charge in [-0.15, -0.1) is 0 Å². The number of ether oxygens (including phenoxy) is 1. The Hall–Kier alpha value is -4.02. The smallest absolute Gasteiger partial charge is 0.258 e. The van der Waals surface area contributed by atoms with Gasteiger partial charge in [0.1, 0.15) is 5.75 Å². The van der Waals surface area contributed by atoms with Crippen molar-refractivity contribution < 1.29 is 4.74 Å². The lowest BCUT2D eigenvalue weighted by molar-refractivity contribution is 0.261. The molecule has 5 rings (SSSR count). The average molecular weight is 454 g/mol. The Balaban J connectivity index is 1.18. The lowest BCUT2D eigenvalue weighted by Crippen LogP contribution is -2.47. The number of aromatic nitrogens is 2. The Kier molecular flexibility index (Phi) is 6.07. The maximum Gasteiger partial charge on any atom is 0.258 e. The minimum atomic E-state index is -0.110. The Labute approximate surface area is 198 Å². The van der Waals surface area contributed by atoms with Crippen LogP contribution in [-0.4, -0.2) is 54.3 Å². The van der Waals surface area contributed by atoms with E-state index >= 15 is 0 Å². The number of benzene rings is 2. The standard InChI is InChI=1S/C27H27N5O2/c1-28-21-3-8-26-25(17-21)20(19-29-26)9-11-30-13-15-31(16-14-30)22-4-6-23(7-5-22)32-12-10-24(34-2)18-27(32)33/h3-8,10,12,17-19,29H,9,11,13-16H2,2H3. The number of nitrogens with zero attached hydrogens (tertiary/aromatic N) is 4. The third kappa shape index (κ3) is 4.41. The van der Waals surface area contributed by atoms with Crippen LogP contribution in [0.1, 0.15) is 5.56 Å². The Morgan fingerprint density at radius 1 is 1.00 bits per heavy atom. The number of nitrogens with one attached hydrogen (secondary N) is 1. The first-order valence-corrected chi connectivity index (χ1v) is 11.5. The number of fused-ring (bicyclic) bond motifs is 1. The molecule has 2 aromatic heterocycles. The van der Waals surface area contributed by atoms with E-state index in [0.717, 1.165) is 55.7 Å². The van der Waals surface area contributed by atoms with Crippen LogP contribution in [0, 0.1) is 6.57 Å². The third-order valence-corrected chi connectivity index (χ3v) is 6.57. The lowest BCUT2D eigenvalue weighted by Gasteiger charge is -2.36. The fourth-order valence-electron chi connectivity index (χ4n) is 4.58. The first-order chi connectivity index (χ1) is 16.6. The summed E-state index contributed by atoms with van der Waals surface area (Å²) >= 11 is 0. The van der Waals surface area contributed by atoms with E-state index in [1.807, 2.05) is 30.3 Å². The van der Waals surface area contributed by atoms with Gasteiger partial charge in [-0.2, -0.15) is 0 Å². The molecule has 0 atom stereocenters. The largest absolute Gasteiger partial charge is 0.497 e. The number of anilines is 1. The minimum Gasteiger partial charge on any atom is -0.497 e. The maximum atomic E-state index is 12.3. The van der Waals surface area contributed by atoms with E-state index in [-0.39, 0.29) is 5.56 Å². The van der Waals surface area contributed by atoms with Crippen molar-refractivity contribution in [2.24, 2.45) is 0 Å². The molecule has 7 nitrogen and oxygen atoms in total. The summed E-state index contributed by atoms with van der Waals surface area (Å²) in [4.78, 5) is 24.1. The van der Waals surface area contributed by atoms with Gasteiger partial charge in [0.25, 0.3) is 5.56 Å². The van der Waals surface area contributed by atoms with Gasteiger partial charge in [-0.05, 0) is 59.8 Å². The molecule has 34 heavy (non-hydrogen) atoms. The number of piperazine rings is 1. The van der Waals surface area contributed by atoms with E-state index in [9.17, 15) is 4.79 Å². The number of pyridine rings is 1. The molecule has 7 heteroatoms.